The van der Waals surface area contributed by atoms with Crippen LogP contribution in [0.4, 0.5) is 0 Å². The van der Waals surface area contributed by atoms with Crippen LogP contribution in [0.5, 0.6) is 0 Å². The Bertz CT molecular complexity index is 44.9. The Morgan fingerprint density at radius 3 is 1.43 bits per heavy atom. The van der Waals surface area contributed by atoms with Gasteiger partial charge in [-0.1, -0.05) is 13.8 Å². The SMILES string of the molecule is CC.CN=C(N)N. The fraction of sp³-hybridized carbons (Fsp3) is 0.750. The van der Waals surface area contributed by atoms with E-state index in [9.17, 15) is 0 Å². The maximum atomic E-state index is 4.82. The van der Waals surface area contributed by atoms with Crippen LogP contribution in [-0.4, -0.2) is 13.0 Å². The van der Waals surface area contributed by atoms with Gasteiger partial charge in [0.15, 0.2) is 5.96 Å². The van der Waals surface area contributed by atoms with Crippen molar-refractivity contribution in [1.82, 2.24) is 0 Å². The van der Waals surface area contributed by atoms with Crippen LogP contribution in [0.1, 0.15) is 13.8 Å². The minimum Gasteiger partial charge on any atom is -0.370 e. The standard InChI is InChI=1S/C2H7N3.C2H6/c1-5-2(3)4;1-2/h1H3,(H4,3,4,5);1-2H3. The Hall–Kier alpha value is -0.730. The molecule has 3 nitrogen and oxygen atoms in total. The van der Waals surface area contributed by atoms with Gasteiger partial charge in [0, 0.05) is 7.05 Å². The third kappa shape index (κ3) is 34.9. The first kappa shape index (κ1) is 9.55. The van der Waals surface area contributed by atoms with E-state index in [2.05, 4.69) is 4.99 Å². The number of nitrogens with zero attached hydrogens (tertiary/aromatic N) is 1. The first-order valence-corrected chi connectivity index (χ1v) is 2.25. The Morgan fingerprint density at radius 1 is 1.29 bits per heavy atom. The first-order valence-electron chi connectivity index (χ1n) is 2.25. The van der Waals surface area contributed by atoms with Crippen LogP contribution < -0.4 is 11.5 Å². The van der Waals surface area contributed by atoms with Crippen LogP contribution in [0.15, 0.2) is 4.99 Å². The molecule has 0 fully saturated rings. The molecule has 0 aliphatic rings. The van der Waals surface area contributed by atoms with Crippen molar-refractivity contribution in [3.63, 3.8) is 0 Å². The molecule has 3 heteroatoms. The van der Waals surface area contributed by atoms with Crippen molar-refractivity contribution in [3.05, 3.63) is 0 Å². The normalized spacial score (nSPS) is 5.57. The molecule has 0 aliphatic heterocycles. The number of nitrogens with two attached hydrogens (primary N) is 2. The second kappa shape index (κ2) is 8.99. The first-order chi connectivity index (χ1) is 3.27. The lowest BCUT2D eigenvalue weighted by molar-refractivity contribution is 1.36. The number of hydrogen-bond donors (Lipinski definition) is 2. The van der Waals surface area contributed by atoms with Crippen LogP contribution in [0.2, 0.25) is 0 Å². The third-order valence-corrected chi connectivity index (χ3v) is 0.258. The molecule has 4 N–H and O–H groups in total. The van der Waals surface area contributed by atoms with E-state index in [4.69, 9.17) is 11.5 Å². The molecule has 0 aromatic carbocycles. The predicted molar refractivity (Wildman–Crippen MR) is 33.1 cm³/mol. The molecule has 44 valence electrons. The molecule has 0 unspecified atom stereocenters. The quantitative estimate of drug-likeness (QED) is 0.332. The molecule has 0 amide bonds. The van der Waals surface area contributed by atoms with Crippen LogP contribution in [-0.2, 0) is 0 Å². The van der Waals surface area contributed by atoms with Crippen LogP contribution in [0.25, 0.3) is 0 Å². The van der Waals surface area contributed by atoms with Gasteiger partial charge >= 0.3 is 0 Å². The van der Waals surface area contributed by atoms with Crippen molar-refractivity contribution >= 4 is 5.96 Å². The van der Waals surface area contributed by atoms with Gasteiger partial charge in [0.2, 0.25) is 0 Å². The maximum Gasteiger partial charge on any atom is 0.185 e. The van der Waals surface area contributed by atoms with E-state index in [1.165, 1.54) is 7.05 Å². The molecule has 7 heavy (non-hydrogen) atoms. The molecule has 0 spiro atoms. The van der Waals surface area contributed by atoms with E-state index in [0.717, 1.165) is 0 Å². The van der Waals surface area contributed by atoms with E-state index in [0.29, 0.717) is 0 Å². The number of rotatable bonds is 0. The summed E-state index contributed by atoms with van der Waals surface area (Å²) in [5.41, 5.74) is 9.64. The lowest BCUT2D eigenvalue weighted by Gasteiger charge is -1.77. The highest BCUT2D eigenvalue weighted by molar-refractivity contribution is 5.75. The Labute approximate surface area is 44.4 Å². The monoisotopic (exact) mass is 103 g/mol. The van der Waals surface area contributed by atoms with Crippen LogP contribution in [0.3, 0.4) is 0 Å². The van der Waals surface area contributed by atoms with E-state index < -0.39 is 0 Å². The van der Waals surface area contributed by atoms with Crippen molar-refractivity contribution < 1.29 is 0 Å². The topological polar surface area (TPSA) is 64.4 Å². The highest BCUT2D eigenvalue weighted by atomic mass is 15.0. The number of aliphatic imine (C=N–C) groups is 1. The zero-order chi connectivity index (χ0) is 6.28. The average molecular weight is 103 g/mol. The summed E-state index contributed by atoms with van der Waals surface area (Å²) >= 11 is 0. The minimum absolute atomic E-state index is 0.130. The second-order valence-electron chi connectivity index (χ2n) is 0.648. The lowest BCUT2D eigenvalue weighted by atomic mass is 11.0. The predicted octanol–water partition coefficient (Wildman–Crippen LogP) is -0.0842. The Kier molecular flexibility index (Phi) is 12.3. The summed E-state index contributed by atoms with van der Waals surface area (Å²) in [7, 11) is 1.54. The number of guanidine groups is 1. The fourth-order valence-electron chi connectivity index (χ4n) is 0. The van der Waals surface area contributed by atoms with E-state index >= 15 is 0 Å². The molecule has 0 aromatic heterocycles. The van der Waals surface area contributed by atoms with Gasteiger partial charge in [-0.05, 0) is 0 Å². The van der Waals surface area contributed by atoms with Gasteiger partial charge in [0.25, 0.3) is 0 Å². The molecular formula is C4H13N3. The highest BCUT2D eigenvalue weighted by Crippen LogP contribution is 1.40. The van der Waals surface area contributed by atoms with Crippen LogP contribution in [0, 0.1) is 0 Å². The van der Waals surface area contributed by atoms with Gasteiger partial charge in [-0.3, -0.25) is 4.99 Å². The van der Waals surface area contributed by atoms with Crippen molar-refractivity contribution in [3.8, 4) is 0 Å². The summed E-state index contributed by atoms with van der Waals surface area (Å²) in [4.78, 5) is 3.36. The minimum atomic E-state index is 0.130. The largest absolute Gasteiger partial charge is 0.370 e. The van der Waals surface area contributed by atoms with Gasteiger partial charge in [0.05, 0.1) is 0 Å². The zero-order valence-electron chi connectivity index (χ0n) is 5.10. The molecule has 0 aromatic rings. The van der Waals surface area contributed by atoms with Crippen LogP contribution >= 0.6 is 0 Å². The second-order valence-corrected chi connectivity index (χ2v) is 0.648. The van der Waals surface area contributed by atoms with Gasteiger partial charge < -0.3 is 11.5 Å². The summed E-state index contributed by atoms with van der Waals surface area (Å²) in [6, 6.07) is 0. The van der Waals surface area contributed by atoms with Gasteiger partial charge in [0.1, 0.15) is 0 Å². The number of hydrogen-bond acceptors (Lipinski definition) is 1. The average Bonchev–Trinajstić information content (AvgIpc) is 1.73. The molecule has 0 aliphatic carbocycles. The molecule has 0 rings (SSSR count). The highest BCUT2D eigenvalue weighted by Gasteiger charge is 1.61. The molecule has 0 radical (unpaired) electrons. The molecule has 0 saturated heterocycles. The molecule has 0 saturated carbocycles. The van der Waals surface area contributed by atoms with E-state index in [1.807, 2.05) is 13.8 Å². The van der Waals surface area contributed by atoms with Gasteiger partial charge in [-0.25, -0.2) is 0 Å². The van der Waals surface area contributed by atoms with Crippen molar-refractivity contribution in [2.24, 2.45) is 16.5 Å². The van der Waals surface area contributed by atoms with E-state index in [-0.39, 0.29) is 5.96 Å². The molecular weight excluding hydrogens is 90.1 g/mol. The fourth-order valence-corrected chi connectivity index (χ4v) is 0. The van der Waals surface area contributed by atoms with E-state index in [1.54, 1.807) is 0 Å². The van der Waals surface area contributed by atoms with Crippen molar-refractivity contribution in [1.29, 1.82) is 0 Å². The van der Waals surface area contributed by atoms with Gasteiger partial charge in [-0.15, -0.1) is 0 Å². The Morgan fingerprint density at radius 2 is 1.43 bits per heavy atom. The van der Waals surface area contributed by atoms with Gasteiger partial charge in [-0.2, -0.15) is 0 Å². The molecule has 0 bridgehead atoms. The third-order valence-electron chi connectivity index (χ3n) is 0.258. The van der Waals surface area contributed by atoms with Crippen molar-refractivity contribution in [2.75, 3.05) is 7.05 Å². The Balaban J connectivity index is 0. The smallest absolute Gasteiger partial charge is 0.185 e. The summed E-state index contributed by atoms with van der Waals surface area (Å²) in [6.45, 7) is 4.00. The molecule has 0 atom stereocenters. The summed E-state index contributed by atoms with van der Waals surface area (Å²) in [5, 5.41) is 0. The van der Waals surface area contributed by atoms with Crippen molar-refractivity contribution in [2.45, 2.75) is 13.8 Å². The lowest BCUT2D eigenvalue weighted by Crippen LogP contribution is -2.21. The molecule has 0 heterocycles. The zero-order valence-corrected chi connectivity index (χ0v) is 5.10. The maximum absolute atomic E-state index is 4.82. The summed E-state index contributed by atoms with van der Waals surface area (Å²) in [6.07, 6.45) is 0. The summed E-state index contributed by atoms with van der Waals surface area (Å²) < 4.78 is 0. The summed E-state index contributed by atoms with van der Waals surface area (Å²) in [5.74, 6) is 0.130.